The zero-order valence-electron chi connectivity index (χ0n) is 15.9. The van der Waals surface area contributed by atoms with Gasteiger partial charge >= 0.3 is 0 Å². The number of nitrogens with zero attached hydrogens (tertiary/aromatic N) is 3. The second kappa shape index (κ2) is 7.65. The molecule has 1 aliphatic heterocycles. The molecular weight excluding hydrogens is 407 g/mol. The molecule has 2 aromatic heterocycles. The van der Waals surface area contributed by atoms with Crippen molar-refractivity contribution in [2.75, 3.05) is 0 Å². The van der Waals surface area contributed by atoms with Crippen LogP contribution < -0.4 is 16.0 Å². The van der Waals surface area contributed by atoms with Gasteiger partial charge in [0.05, 0.1) is 18.0 Å². The topological polar surface area (TPSA) is 93.9 Å². The largest absolute Gasteiger partial charge is 0.440 e. The highest BCUT2D eigenvalue weighted by Gasteiger charge is 2.37. The van der Waals surface area contributed by atoms with Crippen molar-refractivity contribution in [2.45, 2.75) is 19.4 Å². The van der Waals surface area contributed by atoms with Gasteiger partial charge in [0, 0.05) is 34.7 Å². The van der Waals surface area contributed by atoms with Crippen LogP contribution in [0.3, 0.4) is 0 Å². The van der Waals surface area contributed by atoms with Gasteiger partial charge in [0.2, 0.25) is 5.88 Å². The molecule has 0 bridgehead atoms. The molecule has 0 radical (unpaired) electrons. The van der Waals surface area contributed by atoms with E-state index >= 15 is 0 Å². The van der Waals surface area contributed by atoms with Crippen molar-refractivity contribution >= 4 is 11.6 Å². The normalized spacial score (nSPS) is 15.3. The van der Waals surface area contributed by atoms with Gasteiger partial charge in [-0.3, -0.25) is 9.78 Å². The molecule has 0 unspecified atom stereocenters. The number of hydrogen-bond donors (Lipinski definition) is 1. The highest BCUT2D eigenvalue weighted by Crippen LogP contribution is 2.43. The van der Waals surface area contributed by atoms with E-state index in [1.54, 1.807) is 31.5 Å². The molecule has 2 N–H and O–H groups in total. The molecule has 4 rings (SSSR count). The zero-order chi connectivity index (χ0) is 21.4. The molecule has 3 heterocycles. The number of benzene rings is 1. The summed E-state index contributed by atoms with van der Waals surface area (Å²) in [7, 11) is 0. The number of pyridine rings is 2. The second-order valence-corrected chi connectivity index (χ2v) is 7.28. The quantitative estimate of drug-likeness (QED) is 0.695. The Bertz CT molecular complexity index is 1260. The average Bonchev–Trinajstić information content (AvgIpc) is 2.71. The fourth-order valence-corrected chi connectivity index (χ4v) is 3.90. The number of fused-ring (bicyclic) bond motifs is 1. The molecule has 0 fully saturated rings. The van der Waals surface area contributed by atoms with Crippen molar-refractivity contribution in [3.8, 4) is 11.8 Å². The first kappa shape index (κ1) is 19.7. The summed E-state index contributed by atoms with van der Waals surface area (Å²) >= 11 is 6.28. The summed E-state index contributed by atoms with van der Waals surface area (Å²) in [5.41, 5.74) is 7.02. The third-order valence-electron chi connectivity index (χ3n) is 5.04. The Morgan fingerprint density at radius 3 is 2.80 bits per heavy atom. The summed E-state index contributed by atoms with van der Waals surface area (Å²) in [5, 5.41) is 9.79. The van der Waals surface area contributed by atoms with Crippen molar-refractivity contribution in [3.05, 3.63) is 104 Å². The fourth-order valence-electron chi connectivity index (χ4n) is 3.63. The van der Waals surface area contributed by atoms with Crippen LogP contribution in [0.4, 0.5) is 4.39 Å². The van der Waals surface area contributed by atoms with Gasteiger partial charge in [0.15, 0.2) is 0 Å². The van der Waals surface area contributed by atoms with Crippen LogP contribution >= 0.6 is 11.6 Å². The van der Waals surface area contributed by atoms with E-state index in [0.29, 0.717) is 5.69 Å². The van der Waals surface area contributed by atoms with E-state index in [-0.39, 0.29) is 39.9 Å². The van der Waals surface area contributed by atoms with Gasteiger partial charge in [-0.05, 0) is 30.7 Å². The molecule has 3 aromatic rings. The summed E-state index contributed by atoms with van der Waals surface area (Å²) in [5.74, 6) is -1.72. The molecule has 30 heavy (non-hydrogen) atoms. The number of nitrogens with two attached hydrogens (primary N) is 1. The summed E-state index contributed by atoms with van der Waals surface area (Å²) in [6, 6.07) is 11.4. The molecule has 0 aliphatic carbocycles. The summed E-state index contributed by atoms with van der Waals surface area (Å²) in [6.45, 7) is 2.01. The standard InChI is InChI=1S/C22H16ClFN4O2/c1-12-8-17-20(22(29)28(12)11-13-4-3-7-27-10-13)18(14(9-25)21(26)30-17)19-15(23)5-2-6-16(19)24/h2-8,10,18H,11,26H2,1H3/t18-/m1/s1. The predicted octanol–water partition coefficient (Wildman–Crippen LogP) is 3.61. The summed E-state index contributed by atoms with van der Waals surface area (Å²) < 4.78 is 21.9. The van der Waals surface area contributed by atoms with Crippen molar-refractivity contribution in [1.29, 1.82) is 5.26 Å². The molecular formula is C22H16ClFN4O2. The van der Waals surface area contributed by atoms with E-state index in [1.807, 2.05) is 12.1 Å². The van der Waals surface area contributed by atoms with E-state index in [9.17, 15) is 14.4 Å². The smallest absolute Gasteiger partial charge is 0.259 e. The molecule has 0 saturated heterocycles. The van der Waals surface area contributed by atoms with Crippen LogP contribution in [0.2, 0.25) is 5.02 Å². The first-order chi connectivity index (χ1) is 14.4. The van der Waals surface area contributed by atoms with Gasteiger partial charge in [-0.25, -0.2) is 4.39 Å². The Balaban J connectivity index is 1.99. The Hall–Kier alpha value is -3.63. The maximum Gasteiger partial charge on any atom is 0.259 e. The van der Waals surface area contributed by atoms with Gasteiger partial charge in [-0.1, -0.05) is 23.7 Å². The number of aromatic nitrogens is 2. The molecule has 8 heteroatoms. The van der Waals surface area contributed by atoms with E-state index in [4.69, 9.17) is 22.1 Å². The third kappa shape index (κ3) is 3.21. The SMILES string of the molecule is Cc1cc2c(c(=O)n1Cc1cccnc1)[C@@H](c1c(F)cccc1Cl)C(C#N)=C(N)O2. The minimum Gasteiger partial charge on any atom is -0.440 e. The maximum atomic E-state index is 14.8. The highest BCUT2D eigenvalue weighted by molar-refractivity contribution is 6.31. The Kier molecular flexibility index (Phi) is 5.02. The molecule has 150 valence electrons. The lowest BCUT2D eigenvalue weighted by Gasteiger charge is -2.28. The molecule has 1 aliphatic rings. The minimum atomic E-state index is -1.08. The van der Waals surface area contributed by atoms with Gasteiger partial charge in [-0.2, -0.15) is 5.26 Å². The Morgan fingerprint density at radius 1 is 1.33 bits per heavy atom. The maximum absolute atomic E-state index is 14.8. The lowest BCUT2D eigenvalue weighted by Crippen LogP contribution is -2.33. The highest BCUT2D eigenvalue weighted by atomic mass is 35.5. The van der Waals surface area contributed by atoms with E-state index < -0.39 is 17.3 Å². The molecule has 0 spiro atoms. The van der Waals surface area contributed by atoms with Crippen LogP contribution in [-0.4, -0.2) is 9.55 Å². The minimum absolute atomic E-state index is 0.0112. The molecule has 0 saturated carbocycles. The zero-order valence-corrected chi connectivity index (χ0v) is 16.7. The molecule has 6 nitrogen and oxygen atoms in total. The third-order valence-corrected chi connectivity index (χ3v) is 5.37. The number of allylic oxidation sites excluding steroid dienone is 1. The lowest BCUT2D eigenvalue weighted by molar-refractivity contribution is 0.387. The van der Waals surface area contributed by atoms with Gasteiger partial charge in [-0.15, -0.1) is 0 Å². The second-order valence-electron chi connectivity index (χ2n) is 6.88. The van der Waals surface area contributed by atoms with Crippen LogP contribution in [0.1, 0.15) is 28.3 Å². The Labute approximate surface area is 176 Å². The number of nitriles is 1. The van der Waals surface area contributed by atoms with Crippen molar-refractivity contribution in [2.24, 2.45) is 5.73 Å². The molecule has 1 atom stereocenters. The van der Waals surface area contributed by atoms with E-state index in [2.05, 4.69) is 4.98 Å². The summed E-state index contributed by atoms with van der Waals surface area (Å²) in [4.78, 5) is 17.6. The number of halogens is 2. The fraction of sp³-hybridized carbons (Fsp3) is 0.136. The number of rotatable bonds is 3. The number of ether oxygens (including phenoxy) is 1. The van der Waals surface area contributed by atoms with Crippen LogP contribution in [0.15, 0.2) is 65.0 Å². The van der Waals surface area contributed by atoms with Gasteiger partial charge in [0.25, 0.3) is 5.56 Å². The van der Waals surface area contributed by atoms with Crippen molar-refractivity contribution < 1.29 is 9.13 Å². The monoisotopic (exact) mass is 422 g/mol. The van der Waals surface area contributed by atoms with Crippen LogP contribution in [0.5, 0.6) is 5.75 Å². The lowest BCUT2D eigenvalue weighted by atomic mass is 9.83. The van der Waals surface area contributed by atoms with Crippen LogP contribution in [-0.2, 0) is 6.54 Å². The van der Waals surface area contributed by atoms with Gasteiger partial charge < -0.3 is 15.0 Å². The number of aryl methyl sites for hydroxylation is 1. The molecule has 1 aromatic carbocycles. The predicted molar refractivity (Wildman–Crippen MR) is 109 cm³/mol. The van der Waals surface area contributed by atoms with E-state index in [1.165, 1.54) is 22.8 Å². The number of hydrogen-bond acceptors (Lipinski definition) is 5. The summed E-state index contributed by atoms with van der Waals surface area (Å²) in [6.07, 6.45) is 3.30. The van der Waals surface area contributed by atoms with Crippen molar-refractivity contribution in [3.63, 3.8) is 0 Å². The van der Waals surface area contributed by atoms with Crippen molar-refractivity contribution in [1.82, 2.24) is 9.55 Å². The Morgan fingerprint density at radius 2 is 2.13 bits per heavy atom. The first-order valence-electron chi connectivity index (χ1n) is 9.07. The van der Waals surface area contributed by atoms with Crippen LogP contribution in [0, 0.1) is 24.1 Å². The average molecular weight is 423 g/mol. The van der Waals surface area contributed by atoms with E-state index in [0.717, 1.165) is 5.56 Å². The van der Waals surface area contributed by atoms with Crippen LogP contribution in [0.25, 0.3) is 0 Å². The van der Waals surface area contributed by atoms with Gasteiger partial charge in [0.1, 0.15) is 23.2 Å². The first-order valence-corrected chi connectivity index (χ1v) is 9.45. The molecule has 0 amide bonds.